The molecule has 0 aromatic carbocycles. The zero-order chi connectivity index (χ0) is 12.0. The molecule has 0 spiro atoms. The number of hydrogen-bond donors (Lipinski definition) is 1. The van der Waals surface area contributed by atoms with Crippen molar-refractivity contribution in [2.24, 2.45) is 5.73 Å². The molecular formula is C14H19N3. The second-order valence-electron chi connectivity index (χ2n) is 5.28. The molecule has 2 heterocycles. The fraction of sp³-hybridized carbons (Fsp3) is 0.500. The van der Waals surface area contributed by atoms with E-state index in [4.69, 9.17) is 10.7 Å². The maximum Gasteiger partial charge on any atom is 0.116 e. The maximum atomic E-state index is 5.92. The van der Waals surface area contributed by atoms with Crippen LogP contribution in [0.15, 0.2) is 18.3 Å². The Morgan fingerprint density at radius 2 is 2.29 bits per heavy atom. The molecule has 90 valence electrons. The molecule has 2 aromatic heterocycles. The second-order valence-corrected chi connectivity index (χ2v) is 5.28. The monoisotopic (exact) mass is 229 g/mol. The minimum Gasteiger partial charge on any atom is -0.328 e. The van der Waals surface area contributed by atoms with Gasteiger partial charge in [0.2, 0.25) is 0 Å². The number of imidazole rings is 1. The van der Waals surface area contributed by atoms with Gasteiger partial charge in [-0.1, -0.05) is 6.07 Å². The van der Waals surface area contributed by atoms with Crippen molar-refractivity contribution >= 4 is 5.52 Å². The summed E-state index contributed by atoms with van der Waals surface area (Å²) in [5.74, 6) is 1.91. The Kier molecular flexibility index (Phi) is 2.44. The highest BCUT2D eigenvalue weighted by Gasteiger charge is 2.29. The zero-order valence-corrected chi connectivity index (χ0v) is 10.5. The Morgan fingerprint density at radius 3 is 2.94 bits per heavy atom. The molecule has 1 fully saturated rings. The average Bonchev–Trinajstić information content (AvgIpc) is 3.03. The molecule has 1 saturated carbocycles. The van der Waals surface area contributed by atoms with Crippen molar-refractivity contribution < 1.29 is 0 Å². The first-order valence-corrected chi connectivity index (χ1v) is 6.39. The van der Waals surface area contributed by atoms with Gasteiger partial charge in [0.15, 0.2) is 0 Å². The van der Waals surface area contributed by atoms with Gasteiger partial charge in [-0.15, -0.1) is 0 Å². The van der Waals surface area contributed by atoms with Gasteiger partial charge >= 0.3 is 0 Å². The van der Waals surface area contributed by atoms with Crippen LogP contribution in [0.25, 0.3) is 5.52 Å². The van der Waals surface area contributed by atoms with Gasteiger partial charge in [0.05, 0.1) is 11.2 Å². The number of fused-ring (bicyclic) bond motifs is 1. The van der Waals surface area contributed by atoms with Crippen LogP contribution in [-0.2, 0) is 6.42 Å². The highest BCUT2D eigenvalue weighted by atomic mass is 15.0. The van der Waals surface area contributed by atoms with E-state index in [1.165, 1.54) is 35.4 Å². The van der Waals surface area contributed by atoms with E-state index in [0.717, 1.165) is 6.42 Å². The molecule has 3 rings (SSSR count). The Morgan fingerprint density at radius 1 is 1.53 bits per heavy atom. The molecule has 0 amide bonds. The van der Waals surface area contributed by atoms with E-state index in [0.29, 0.717) is 5.92 Å². The lowest BCUT2D eigenvalue weighted by atomic mass is 10.1. The van der Waals surface area contributed by atoms with E-state index in [2.05, 4.69) is 29.7 Å². The first-order chi connectivity index (χ1) is 8.16. The number of aromatic nitrogens is 2. The highest BCUT2D eigenvalue weighted by Crippen LogP contribution is 2.40. The predicted octanol–water partition coefficient (Wildman–Crippen LogP) is 2.41. The third kappa shape index (κ3) is 1.84. The predicted molar refractivity (Wildman–Crippen MR) is 69.3 cm³/mol. The number of aryl methyl sites for hydroxylation is 1. The van der Waals surface area contributed by atoms with Crippen LogP contribution < -0.4 is 5.73 Å². The summed E-state index contributed by atoms with van der Waals surface area (Å²) < 4.78 is 2.27. The summed E-state index contributed by atoms with van der Waals surface area (Å²) in [5.41, 5.74) is 9.65. The van der Waals surface area contributed by atoms with Gasteiger partial charge in [-0.25, -0.2) is 4.98 Å². The van der Waals surface area contributed by atoms with E-state index in [1.54, 1.807) is 0 Å². The molecule has 2 aromatic rings. The third-order valence-electron chi connectivity index (χ3n) is 3.42. The average molecular weight is 229 g/mol. The summed E-state index contributed by atoms with van der Waals surface area (Å²) in [6, 6.07) is 4.42. The van der Waals surface area contributed by atoms with E-state index < -0.39 is 0 Å². The summed E-state index contributed by atoms with van der Waals surface area (Å²) in [6.45, 7) is 4.19. The van der Waals surface area contributed by atoms with Crippen molar-refractivity contribution in [1.82, 2.24) is 9.38 Å². The van der Waals surface area contributed by atoms with Crippen molar-refractivity contribution in [2.45, 2.75) is 45.1 Å². The number of pyridine rings is 1. The van der Waals surface area contributed by atoms with E-state index in [9.17, 15) is 0 Å². The summed E-state index contributed by atoms with van der Waals surface area (Å²) in [7, 11) is 0. The maximum absolute atomic E-state index is 5.92. The van der Waals surface area contributed by atoms with Crippen LogP contribution in [0.5, 0.6) is 0 Å². The van der Waals surface area contributed by atoms with Crippen molar-refractivity contribution in [1.29, 1.82) is 0 Å². The zero-order valence-electron chi connectivity index (χ0n) is 10.5. The lowest BCUT2D eigenvalue weighted by Gasteiger charge is -2.04. The molecule has 1 aliphatic carbocycles. The molecule has 0 radical (unpaired) electrons. The Bertz CT molecular complexity index is 550. The second kappa shape index (κ2) is 3.84. The molecule has 17 heavy (non-hydrogen) atoms. The van der Waals surface area contributed by atoms with Gasteiger partial charge in [0, 0.05) is 24.6 Å². The van der Waals surface area contributed by atoms with Crippen LogP contribution in [0.4, 0.5) is 0 Å². The first-order valence-electron chi connectivity index (χ1n) is 6.39. The molecule has 1 unspecified atom stereocenters. The van der Waals surface area contributed by atoms with E-state index in [-0.39, 0.29) is 6.04 Å². The molecule has 1 aliphatic rings. The SMILES string of the molecule is Cc1cccn2c(C3CC3)nc(CC(C)N)c12. The van der Waals surface area contributed by atoms with Crippen LogP contribution in [0.2, 0.25) is 0 Å². The lowest BCUT2D eigenvalue weighted by Crippen LogP contribution is -2.18. The lowest BCUT2D eigenvalue weighted by molar-refractivity contribution is 0.726. The molecule has 0 saturated heterocycles. The summed E-state index contributed by atoms with van der Waals surface area (Å²) in [5, 5.41) is 0. The van der Waals surface area contributed by atoms with Crippen LogP contribution in [0, 0.1) is 6.92 Å². The van der Waals surface area contributed by atoms with Crippen LogP contribution >= 0.6 is 0 Å². The minimum absolute atomic E-state index is 0.167. The van der Waals surface area contributed by atoms with Crippen molar-refractivity contribution in [3.63, 3.8) is 0 Å². The van der Waals surface area contributed by atoms with Gasteiger partial charge in [0.25, 0.3) is 0 Å². The fourth-order valence-electron chi connectivity index (χ4n) is 2.50. The summed E-state index contributed by atoms with van der Waals surface area (Å²) in [4.78, 5) is 4.84. The minimum atomic E-state index is 0.167. The summed E-state index contributed by atoms with van der Waals surface area (Å²) >= 11 is 0. The van der Waals surface area contributed by atoms with Crippen LogP contribution in [0.1, 0.15) is 42.8 Å². The smallest absolute Gasteiger partial charge is 0.116 e. The normalized spacial score (nSPS) is 17.6. The fourth-order valence-corrected chi connectivity index (χ4v) is 2.50. The van der Waals surface area contributed by atoms with Gasteiger partial charge in [-0.2, -0.15) is 0 Å². The van der Waals surface area contributed by atoms with E-state index in [1.807, 2.05) is 6.92 Å². The van der Waals surface area contributed by atoms with Gasteiger partial charge in [-0.3, -0.25) is 0 Å². The third-order valence-corrected chi connectivity index (χ3v) is 3.42. The number of nitrogens with two attached hydrogens (primary N) is 1. The standard InChI is InChI=1S/C14H19N3/c1-9-4-3-7-17-13(9)12(8-10(2)15)16-14(17)11-5-6-11/h3-4,7,10-11H,5-6,8,15H2,1-2H3. The molecule has 0 bridgehead atoms. The Balaban J connectivity index is 2.19. The summed E-state index contributed by atoms with van der Waals surface area (Å²) in [6.07, 6.45) is 5.56. The molecule has 2 N–H and O–H groups in total. The molecular weight excluding hydrogens is 210 g/mol. The Labute approximate surface area is 102 Å². The topological polar surface area (TPSA) is 43.3 Å². The molecule has 3 heteroatoms. The van der Waals surface area contributed by atoms with Gasteiger partial charge < -0.3 is 10.1 Å². The molecule has 3 nitrogen and oxygen atoms in total. The van der Waals surface area contributed by atoms with Gasteiger partial charge in [0.1, 0.15) is 5.82 Å². The quantitative estimate of drug-likeness (QED) is 0.878. The number of hydrogen-bond acceptors (Lipinski definition) is 2. The highest BCUT2D eigenvalue weighted by molar-refractivity contribution is 5.60. The largest absolute Gasteiger partial charge is 0.328 e. The number of rotatable bonds is 3. The Hall–Kier alpha value is -1.35. The molecule has 1 atom stereocenters. The first kappa shape index (κ1) is 10.8. The number of nitrogens with zero attached hydrogens (tertiary/aromatic N) is 2. The van der Waals surface area contributed by atoms with Crippen molar-refractivity contribution in [3.8, 4) is 0 Å². The van der Waals surface area contributed by atoms with Crippen molar-refractivity contribution in [3.05, 3.63) is 35.4 Å². The van der Waals surface area contributed by atoms with Crippen LogP contribution in [0.3, 0.4) is 0 Å². The molecule has 0 aliphatic heterocycles. The van der Waals surface area contributed by atoms with Crippen LogP contribution in [-0.4, -0.2) is 15.4 Å². The van der Waals surface area contributed by atoms with Gasteiger partial charge in [-0.05, 0) is 38.3 Å². The van der Waals surface area contributed by atoms with Crippen molar-refractivity contribution in [2.75, 3.05) is 0 Å². The van der Waals surface area contributed by atoms with E-state index >= 15 is 0 Å².